The van der Waals surface area contributed by atoms with Gasteiger partial charge < -0.3 is 14.7 Å². The lowest BCUT2D eigenvalue weighted by atomic mass is 9.75. The summed E-state index contributed by atoms with van der Waals surface area (Å²) in [5.41, 5.74) is 15.3. The standard InChI is InChI=1S/C54H78O6/c1-31-37(22-34-25-40(49(4,5)6)46(58-55)41(26-34)50(7,8)9)32(2)39(24-36-29-44(53(16,17)18)48(60-57)45(30-36)54(19,20)21)33(3)38(31)23-35-27-42(51(10,11)12)47(59-56)43(28-35)52(13,14)15/h25-30,55-57H,22-24H2,1-21H3. The first kappa shape index (κ1) is 48.8. The highest BCUT2D eigenvalue weighted by Gasteiger charge is 2.33. The molecule has 4 aromatic carbocycles. The van der Waals surface area contributed by atoms with Crippen LogP contribution in [0, 0.1) is 20.8 Å². The molecule has 4 aromatic rings. The van der Waals surface area contributed by atoms with Gasteiger partial charge in [0.15, 0.2) is 17.2 Å². The van der Waals surface area contributed by atoms with Crippen LogP contribution in [0.15, 0.2) is 36.4 Å². The minimum Gasteiger partial charge on any atom is -0.340 e. The van der Waals surface area contributed by atoms with Crippen LogP contribution in [0.4, 0.5) is 0 Å². The molecule has 3 N–H and O–H groups in total. The fourth-order valence-corrected chi connectivity index (χ4v) is 8.81. The van der Waals surface area contributed by atoms with Crippen molar-refractivity contribution in [3.63, 3.8) is 0 Å². The summed E-state index contributed by atoms with van der Waals surface area (Å²) in [5.74, 6) is 1.62. The molecular weight excluding hydrogens is 745 g/mol. The van der Waals surface area contributed by atoms with Crippen LogP contribution in [0.5, 0.6) is 17.2 Å². The molecule has 0 atom stereocenters. The quantitative estimate of drug-likeness (QED) is 0.115. The second-order valence-corrected chi connectivity index (χ2v) is 23.7. The molecule has 0 heterocycles. The van der Waals surface area contributed by atoms with Crippen molar-refractivity contribution in [2.24, 2.45) is 0 Å². The van der Waals surface area contributed by atoms with E-state index in [1.165, 1.54) is 50.1 Å². The molecular formula is C54H78O6. The van der Waals surface area contributed by atoms with Crippen molar-refractivity contribution in [2.75, 3.05) is 0 Å². The van der Waals surface area contributed by atoms with Gasteiger partial charge in [-0.05, 0) is 123 Å². The van der Waals surface area contributed by atoms with E-state index in [1.807, 2.05) is 0 Å². The maximum absolute atomic E-state index is 10.3. The maximum atomic E-state index is 10.3. The molecule has 0 aromatic heterocycles. The first-order chi connectivity index (χ1) is 27.2. The Morgan fingerprint density at radius 1 is 0.317 bits per heavy atom. The summed E-state index contributed by atoms with van der Waals surface area (Å²) in [6.45, 7) is 45.7. The van der Waals surface area contributed by atoms with Gasteiger partial charge >= 0.3 is 0 Å². The van der Waals surface area contributed by atoms with Crippen LogP contribution in [0.25, 0.3) is 0 Å². The smallest absolute Gasteiger partial charge is 0.172 e. The number of rotatable bonds is 9. The Kier molecular flexibility index (Phi) is 13.7. The minimum atomic E-state index is -0.276. The summed E-state index contributed by atoms with van der Waals surface area (Å²) in [7, 11) is 0. The van der Waals surface area contributed by atoms with E-state index in [0.29, 0.717) is 36.5 Å². The van der Waals surface area contributed by atoms with Gasteiger partial charge in [-0.1, -0.05) is 161 Å². The van der Waals surface area contributed by atoms with E-state index in [0.717, 1.165) is 33.4 Å². The molecule has 6 heteroatoms. The lowest BCUT2D eigenvalue weighted by molar-refractivity contribution is -0.140. The van der Waals surface area contributed by atoms with Gasteiger partial charge in [0.2, 0.25) is 0 Å². The fourth-order valence-electron chi connectivity index (χ4n) is 8.81. The van der Waals surface area contributed by atoms with Gasteiger partial charge in [-0.15, -0.1) is 0 Å². The van der Waals surface area contributed by atoms with Crippen LogP contribution in [0.3, 0.4) is 0 Å². The molecule has 0 spiro atoms. The normalized spacial score (nSPS) is 13.2. The highest BCUT2D eigenvalue weighted by molar-refractivity contribution is 5.59. The van der Waals surface area contributed by atoms with Crippen molar-refractivity contribution in [3.05, 3.63) is 120 Å². The van der Waals surface area contributed by atoms with Crippen molar-refractivity contribution in [1.82, 2.24) is 0 Å². The van der Waals surface area contributed by atoms with Gasteiger partial charge in [-0.25, -0.2) is 15.8 Å². The molecule has 330 valence electrons. The second-order valence-electron chi connectivity index (χ2n) is 23.7. The third-order valence-electron chi connectivity index (χ3n) is 12.4. The SMILES string of the molecule is Cc1c(Cc2cc(C(C)(C)C)c(OO)c(C(C)(C)C)c2)c(C)c(Cc2cc(C(C)(C)C)c(OO)c(C(C)(C)C)c2)c(C)c1Cc1cc(C(C)(C)C)c(OO)c(C(C)(C)C)c1. The molecule has 0 fully saturated rings. The van der Waals surface area contributed by atoms with Crippen LogP contribution < -0.4 is 14.7 Å². The third kappa shape index (κ3) is 10.3. The van der Waals surface area contributed by atoms with Gasteiger partial charge in [-0.2, -0.15) is 0 Å². The van der Waals surface area contributed by atoms with E-state index in [2.05, 4.69) is 182 Å². The average molecular weight is 823 g/mol. The monoisotopic (exact) mass is 823 g/mol. The molecule has 0 saturated carbocycles. The molecule has 6 nitrogen and oxygen atoms in total. The minimum absolute atomic E-state index is 0.276. The van der Waals surface area contributed by atoms with E-state index >= 15 is 0 Å². The van der Waals surface area contributed by atoms with Gasteiger partial charge in [-0.3, -0.25) is 0 Å². The number of benzene rings is 4. The zero-order valence-electron chi connectivity index (χ0n) is 41.2. The molecule has 0 saturated heterocycles. The summed E-state index contributed by atoms with van der Waals surface area (Å²) in [4.78, 5) is 15.6. The molecule has 4 rings (SSSR count). The highest BCUT2D eigenvalue weighted by Crippen LogP contribution is 2.45. The van der Waals surface area contributed by atoms with Crippen molar-refractivity contribution in [2.45, 2.75) is 197 Å². The van der Waals surface area contributed by atoms with Crippen molar-refractivity contribution in [1.29, 1.82) is 0 Å². The fraction of sp³-hybridized carbons (Fsp3) is 0.556. The molecule has 60 heavy (non-hydrogen) atoms. The van der Waals surface area contributed by atoms with Crippen LogP contribution in [-0.2, 0) is 51.8 Å². The zero-order valence-corrected chi connectivity index (χ0v) is 41.2. The van der Waals surface area contributed by atoms with E-state index in [9.17, 15) is 15.8 Å². The summed E-state index contributed by atoms with van der Waals surface area (Å²) < 4.78 is 0. The predicted molar refractivity (Wildman–Crippen MR) is 250 cm³/mol. The lowest BCUT2D eigenvalue weighted by Crippen LogP contribution is -2.21. The third-order valence-corrected chi connectivity index (χ3v) is 12.4. The van der Waals surface area contributed by atoms with Crippen LogP contribution in [0.1, 0.15) is 208 Å². The van der Waals surface area contributed by atoms with Gasteiger partial charge in [0.25, 0.3) is 0 Å². The Labute approximate surface area is 363 Å². The first-order valence-corrected chi connectivity index (χ1v) is 21.7. The zero-order chi connectivity index (χ0) is 45.9. The molecule has 0 aliphatic heterocycles. The molecule has 0 amide bonds. The topological polar surface area (TPSA) is 88.4 Å². The Morgan fingerprint density at radius 3 is 0.583 bits per heavy atom. The van der Waals surface area contributed by atoms with E-state index < -0.39 is 0 Å². The Morgan fingerprint density at radius 2 is 0.467 bits per heavy atom. The average Bonchev–Trinajstić information content (AvgIpc) is 3.10. The van der Waals surface area contributed by atoms with Gasteiger partial charge in [0.05, 0.1) is 0 Å². The first-order valence-electron chi connectivity index (χ1n) is 21.7. The summed E-state index contributed by atoms with van der Waals surface area (Å²) in [6, 6.07) is 13.3. The highest BCUT2D eigenvalue weighted by atomic mass is 17.1. The predicted octanol–water partition coefficient (Wildman–Crippen LogP) is 14.7. The molecule has 0 bridgehead atoms. The maximum Gasteiger partial charge on any atom is 0.172 e. The van der Waals surface area contributed by atoms with Crippen molar-refractivity contribution < 1.29 is 30.4 Å². The Balaban J connectivity index is 2.14. The van der Waals surface area contributed by atoms with E-state index in [-0.39, 0.29) is 32.5 Å². The van der Waals surface area contributed by atoms with E-state index in [4.69, 9.17) is 14.7 Å². The van der Waals surface area contributed by atoms with Gasteiger partial charge in [0.1, 0.15) is 0 Å². The second kappa shape index (κ2) is 16.8. The molecule has 0 radical (unpaired) electrons. The van der Waals surface area contributed by atoms with Crippen molar-refractivity contribution >= 4 is 0 Å². The van der Waals surface area contributed by atoms with Crippen LogP contribution in [-0.4, -0.2) is 15.8 Å². The lowest BCUT2D eigenvalue weighted by Gasteiger charge is -2.30. The molecule has 0 aliphatic rings. The molecule has 0 aliphatic carbocycles. The number of hydrogen-bond acceptors (Lipinski definition) is 6. The van der Waals surface area contributed by atoms with Crippen LogP contribution >= 0.6 is 0 Å². The Bertz CT molecular complexity index is 1840. The summed E-state index contributed by atoms with van der Waals surface area (Å²) in [5, 5.41) is 30.8. The van der Waals surface area contributed by atoms with Gasteiger partial charge in [0, 0.05) is 33.4 Å². The molecule has 0 unspecified atom stereocenters. The Hall–Kier alpha value is -3.84. The largest absolute Gasteiger partial charge is 0.340 e. The van der Waals surface area contributed by atoms with E-state index in [1.54, 1.807) is 0 Å². The summed E-state index contributed by atoms with van der Waals surface area (Å²) >= 11 is 0. The van der Waals surface area contributed by atoms with Crippen molar-refractivity contribution in [3.8, 4) is 17.2 Å². The van der Waals surface area contributed by atoms with Crippen LogP contribution in [0.2, 0.25) is 0 Å². The summed E-state index contributed by atoms with van der Waals surface area (Å²) in [6.07, 6.45) is 2.10. The number of hydrogen-bond donors (Lipinski definition) is 3.